The highest BCUT2D eigenvalue weighted by atomic mass is 35.5. The first-order valence-electron chi connectivity index (χ1n) is 9.43. The zero-order chi connectivity index (χ0) is 19.5. The molecule has 1 saturated carbocycles. The molecule has 1 fully saturated rings. The summed E-state index contributed by atoms with van der Waals surface area (Å²) in [4.78, 5) is 28.2. The molecule has 9 heteroatoms. The second kappa shape index (κ2) is 10.4. The maximum absolute atomic E-state index is 13.3. The minimum absolute atomic E-state index is 0. The molecule has 1 aliphatic carbocycles. The Labute approximate surface area is 187 Å². The van der Waals surface area contributed by atoms with Gasteiger partial charge in [0.2, 0.25) is 0 Å². The molecule has 1 aromatic carbocycles. The van der Waals surface area contributed by atoms with E-state index in [1.807, 2.05) is 12.1 Å². The number of hydrogen-bond acceptors (Lipinski definition) is 4. The number of pyridine rings is 1. The summed E-state index contributed by atoms with van der Waals surface area (Å²) in [5.74, 6) is 0.381. The molecule has 3 aromatic rings. The summed E-state index contributed by atoms with van der Waals surface area (Å²) >= 11 is 0. The number of aromatic amines is 1. The molecule has 30 heavy (non-hydrogen) atoms. The van der Waals surface area contributed by atoms with Crippen molar-refractivity contribution in [1.82, 2.24) is 15.0 Å². The fraction of sp³-hybridized carbons (Fsp3) is 0.286. The van der Waals surface area contributed by atoms with E-state index >= 15 is 0 Å². The first kappa shape index (κ1) is 23.6. The largest absolute Gasteiger partial charge is 0.354 e. The average Bonchev–Trinajstić information content (AvgIpc) is 3.40. The van der Waals surface area contributed by atoms with Gasteiger partial charge in [0.15, 0.2) is 0 Å². The van der Waals surface area contributed by atoms with E-state index in [1.165, 1.54) is 37.5 Å². The van der Waals surface area contributed by atoms with Gasteiger partial charge in [-0.25, -0.2) is 14.4 Å². The van der Waals surface area contributed by atoms with Crippen molar-refractivity contribution in [1.29, 1.82) is 0 Å². The van der Waals surface area contributed by atoms with Gasteiger partial charge in [0.25, 0.3) is 5.91 Å². The molecule has 0 saturated heterocycles. The van der Waals surface area contributed by atoms with Crippen molar-refractivity contribution in [2.24, 2.45) is 0 Å². The van der Waals surface area contributed by atoms with Gasteiger partial charge in [-0.2, -0.15) is 0 Å². The van der Waals surface area contributed by atoms with Crippen molar-refractivity contribution in [2.45, 2.75) is 32.4 Å². The predicted molar refractivity (Wildman–Crippen MR) is 120 cm³/mol. The van der Waals surface area contributed by atoms with Gasteiger partial charge in [0.05, 0.1) is 19.1 Å². The highest BCUT2D eigenvalue weighted by Crippen LogP contribution is 2.30. The van der Waals surface area contributed by atoms with E-state index < -0.39 is 0 Å². The first-order chi connectivity index (χ1) is 13.7. The molecule has 4 rings (SSSR count). The van der Waals surface area contributed by atoms with Gasteiger partial charge in [-0.3, -0.25) is 4.79 Å². The van der Waals surface area contributed by atoms with Crippen LogP contribution in [0.15, 0.2) is 55.1 Å². The molecule has 1 N–H and O–H groups in total. The molecule has 0 aliphatic heterocycles. The molecule has 1 amide bonds. The molecular weight excluding hydrogens is 428 g/mol. The summed E-state index contributed by atoms with van der Waals surface area (Å²) in [6, 6.07) is 10.5. The van der Waals surface area contributed by atoms with Crippen LogP contribution in [0.25, 0.3) is 0 Å². The van der Waals surface area contributed by atoms with Crippen LogP contribution in [0.2, 0.25) is 0 Å². The van der Waals surface area contributed by atoms with E-state index in [-0.39, 0.29) is 36.5 Å². The molecule has 160 valence electrons. The summed E-state index contributed by atoms with van der Waals surface area (Å²) in [5, 5.41) is 0. The third-order valence-corrected chi connectivity index (χ3v) is 4.88. The monoisotopic (exact) mass is 451 g/mol. The van der Waals surface area contributed by atoms with Crippen LogP contribution in [0.1, 0.15) is 35.8 Å². The second-order valence-electron chi connectivity index (χ2n) is 6.87. The Hall–Kier alpha value is -2.64. The Kier molecular flexibility index (Phi) is 8.20. The number of H-pyrrole nitrogens is 1. The zero-order valence-corrected chi connectivity index (χ0v) is 18.1. The maximum atomic E-state index is 13.3. The Morgan fingerprint density at radius 2 is 1.87 bits per heavy atom. The van der Waals surface area contributed by atoms with Gasteiger partial charge >= 0.3 is 0 Å². The van der Waals surface area contributed by atoms with E-state index in [0.29, 0.717) is 24.0 Å². The van der Waals surface area contributed by atoms with Crippen LogP contribution in [0.4, 0.5) is 15.9 Å². The molecule has 0 atom stereocenters. The molecule has 0 radical (unpaired) electrons. The number of amides is 1. The molecule has 0 spiro atoms. The first-order valence-corrected chi connectivity index (χ1v) is 9.43. The number of hydrogen-bond donors (Lipinski definition) is 1. The highest BCUT2D eigenvalue weighted by Gasteiger charge is 2.28. The number of nitrogens with zero attached hydrogens (tertiary/aromatic N) is 4. The number of carbonyl (C=O) groups excluding carboxylic acids is 1. The summed E-state index contributed by atoms with van der Waals surface area (Å²) in [7, 11) is 0. The van der Waals surface area contributed by atoms with E-state index in [2.05, 4.69) is 26.8 Å². The number of halogens is 3. The van der Waals surface area contributed by atoms with E-state index in [1.54, 1.807) is 23.2 Å². The van der Waals surface area contributed by atoms with Gasteiger partial charge in [-0.05, 0) is 55.7 Å². The molecule has 0 bridgehead atoms. The fourth-order valence-electron chi connectivity index (χ4n) is 3.28. The number of benzene rings is 1. The van der Waals surface area contributed by atoms with Crippen LogP contribution in [0.3, 0.4) is 0 Å². The van der Waals surface area contributed by atoms with Crippen LogP contribution in [-0.4, -0.2) is 33.4 Å². The molecule has 1 aliphatic rings. The fourth-order valence-corrected chi connectivity index (χ4v) is 3.28. The number of anilines is 2. The lowest BCUT2D eigenvalue weighted by atomic mass is 10.2. The summed E-state index contributed by atoms with van der Waals surface area (Å²) in [6.45, 7) is 3.39. The van der Waals surface area contributed by atoms with Crippen LogP contribution >= 0.6 is 24.8 Å². The standard InChI is InChI=1S/C21H22FN5O.2ClH/c1-2-26(17-8-9-17)20-10-3-15(11-24-20)13-27(18-6-4-16(22)5-7-18)21(28)19-12-23-14-25-19;;/h3-7,10-12,14,17H,2,8-9,13H2,1H3,(H,23,25);2*1H. The molecule has 6 nitrogen and oxygen atoms in total. The third kappa shape index (κ3) is 5.29. The molecule has 0 unspecified atom stereocenters. The Balaban J connectivity index is 0.00000160. The lowest BCUT2D eigenvalue weighted by molar-refractivity contribution is 0.0981. The van der Waals surface area contributed by atoms with Crippen LogP contribution in [0.5, 0.6) is 0 Å². The van der Waals surface area contributed by atoms with Crippen molar-refractivity contribution >= 4 is 42.2 Å². The zero-order valence-electron chi connectivity index (χ0n) is 16.5. The van der Waals surface area contributed by atoms with Crippen molar-refractivity contribution in [3.63, 3.8) is 0 Å². The Morgan fingerprint density at radius 3 is 2.40 bits per heavy atom. The van der Waals surface area contributed by atoms with Gasteiger partial charge < -0.3 is 14.8 Å². The number of imidazole rings is 1. The van der Waals surface area contributed by atoms with E-state index in [9.17, 15) is 9.18 Å². The number of rotatable bonds is 7. The van der Waals surface area contributed by atoms with Gasteiger partial charge in [-0.15, -0.1) is 24.8 Å². The minimum atomic E-state index is -0.344. The normalized spacial score (nSPS) is 12.5. The van der Waals surface area contributed by atoms with Crippen molar-refractivity contribution in [3.05, 3.63) is 72.2 Å². The predicted octanol–water partition coefficient (Wildman–Crippen LogP) is 4.62. The third-order valence-electron chi connectivity index (χ3n) is 4.88. The highest BCUT2D eigenvalue weighted by molar-refractivity contribution is 6.04. The lowest BCUT2D eigenvalue weighted by Gasteiger charge is -2.24. The van der Waals surface area contributed by atoms with Gasteiger partial charge in [0.1, 0.15) is 17.3 Å². The Morgan fingerprint density at radius 1 is 1.13 bits per heavy atom. The van der Waals surface area contributed by atoms with Crippen molar-refractivity contribution < 1.29 is 9.18 Å². The smallest absolute Gasteiger partial charge is 0.276 e. The van der Waals surface area contributed by atoms with Crippen LogP contribution in [0, 0.1) is 5.82 Å². The second-order valence-corrected chi connectivity index (χ2v) is 6.87. The molecular formula is C21H24Cl2FN5O. The van der Waals surface area contributed by atoms with Crippen LogP contribution < -0.4 is 9.80 Å². The quantitative estimate of drug-likeness (QED) is 0.568. The van der Waals surface area contributed by atoms with Crippen molar-refractivity contribution in [3.8, 4) is 0 Å². The SMILES string of the molecule is CCN(c1ccc(CN(C(=O)c2cnc[nH]2)c2ccc(F)cc2)cn1)C1CC1.Cl.Cl. The number of nitrogens with one attached hydrogen (secondary N) is 1. The van der Waals surface area contributed by atoms with Gasteiger partial charge in [0, 0.05) is 24.5 Å². The molecule has 2 heterocycles. The van der Waals surface area contributed by atoms with Crippen molar-refractivity contribution in [2.75, 3.05) is 16.3 Å². The molecule has 2 aromatic heterocycles. The lowest BCUT2D eigenvalue weighted by Crippen LogP contribution is -2.31. The van der Waals surface area contributed by atoms with E-state index in [0.717, 1.165) is 17.9 Å². The summed E-state index contributed by atoms with van der Waals surface area (Å²) < 4.78 is 13.3. The Bertz CT molecular complexity index is 931. The number of carbonyl (C=O) groups is 1. The topological polar surface area (TPSA) is 65.1 Å². The van der Waals surface area contributed by atoms with Gasteiger partial charge in [-0.1, -0.05) is 6.07 Å². The van der Waals surface area contributed by atoms with Crippen LogP contribution in [-0.2, 0) is 6.54 Å². The summed E-state index contributed by atoms with van der Waals surface area (Å²) in [6.07, 6.45) is 7.18. The van der Waals surface area contributed by atoms with E-state index in [4.69, 9.17) is 0 Å². The number of aromatic nitrogens is 3. The maximum Gasteiger partial charge on any atom is 0.276 e. The average molecular weight is 452 g/mol. The summed E-state index contributed by atoms with van der Waals surface area (Å²) in [5.41, 5.74) is 1.88. The minimum Gasteiger partial charge on any atom is -0.354 e.